The molecule has 0 aliphatic heterocycles. The standard InChI is InChI=1S/C28H23F5N4O/c1-17-7-8-19(27(38)34-21-11-9-20(16-36(2)3)22(15-21)28(31,32)33)14-18(17)10-12-23-25(26(29)30)35-24-6-4-5-13-37(23)24/h4-9,11,13-15,26H,16H2,1-3H3,(H,34,38). The van der Waals surface area contributed by atoms with Gasteiger partial charge in [0.05, 0.1) is 5.56 Å². The number of carbonyl (C=O) groups excluding carboxylic acids is 1. The molecule has 4 rings (SSSR count). The van der Waals surface area contributed by atoms with Crippen molar-refractivity contribution in [2.75, 3.05) is 19.4 Å². The SMILES string of the molecule is Cc1ccc(C(=O)Nc2ccc(CN(C)C)c(C(F)(F)F)c2)cc1C#Cc1c(C(F)F)nc2ccccn12. The Morgan fingerprint density at radius 1 is 1.08 bits per heavy atom. The molecule has 10 heteroatoms. The van der Waals surface area contributed by atoms with E-state index in [9.17, 15) is 26.7 Å². The number of halogens is 5. The minimum atomic E-state index is -4.59. The van der Waals surface area contributed by atoms with E-state index in [1.165, 1.54) is 28.7 Å². The van der Waals surface area contributed by atoms with Crippen LogP contribution in [0.2, 0.25) is 0 Å². The van der Waals surface area contributed by atoms with Crippen LogP contribution in [-0.4, -0.2) is 34.3 Å². The van der Waals surface area contributed by atoms with Crippen LogP contribution in [0.4, 0.5) is 27.6 Å². The van der Waals surface area contributed by atoms with Gasteiger partial charge in [0.2, 0.25) is 0 Å². The van der Waals surface area contributed by atoms with Crippen molar-refractivity contribution in [1.29, 1.82) is 0 Å². The summed E-state index contributed by atoms with van der Waals surface area (Å²) in [5, 5.41) is 2.50. The fourth-order valence-electron chi connectivity index (χ4n) is 3.91. The summed E-state index contributed by atoms with van der Waals surface area (Å²) in [4.78, 5) is 18.5. The van der Waals surface area contributed by atoms with Gasteiger partial charge in [0.1, 0.15) is 17.0 Å². The highest BCUT2D eigenvalue weighted by molar-refractivity contribution is 6.04. The first-order valence-corrected chi connectivity index (χ1v) is 11.5. The number of alkyl halides is 5. The van der Waals surface area contributed by atoms with Gasteiger partial charge in [0.15, 0.2) is 0 Å². The zero-order valence-electron chi connectivity index (χ0n) is 20.7. The van der Waals surface area contributed by atoms with E-state index in [1.807, 2.05) is 0 Å². The van der Waals surface area contributed by atoms with E-state index in [1.54, 1.807) is 56.4 Å². The molecule has 0 saturated heterocycles. The number of benzene rings is 2. The minimum absolute atomic E-state index is 0.00894. The number of carbonyl (C=O) groups is 1. The quantitative estimate of drug-likeness (QED) is 0.245. The first-order chi connectivity index (χ1) is 17.9. The summed E-state index contributed by atoms with van der Waals surface area (Å²) in [6, 6.07) is 13.2. The molecule has 2 aromatic heterocycles. The summed E-state index contributed by atoms with van der Waals surface area (Å²) in [5.74, 6) is 4.95. The molecule has 0 spiro atoms. The molecule has 38 heavy (non-hydrogen) atoms. The second-order valence-corrected chi connectivity index (χ2v) is 8.92. The van der Waals surface area contributed by atoms with Gasteiger partial charge in [-0.3, -0.25) is 9.20 Å². The Morgan fingerprint density at radius 3 is 2.53 bits per heavy atom. The topological polar surface area (TPSA) is 49.6 Å². The van der Waals surface area contributed by atoms with Gasteiger partial charge < -0.3 is 10.2 Å². The van der Waals surface area contributed by atoms with E-state index >= 15 is 0 Å². The molecule has 4 aromatic rings. The minimum Gasteiger partial charge on any atom is -0.322 e. The number of aryl methyl sites for hydroxylation is 1. The number of aromatic nitrogens is 2. The van der Waals surface area contributed by atoms with Crippen LogP contribution < -0.4 is 5.32 Å². The van der Waals surface area contributed by atoms with Crippen molar-refractivity contribution in [3.63, 3.8) is 0 Å². The van der Waals surface area contributed by atoms with Crippen LogP contribution in [0.15, 0.2) is 60.8 Å². The van der Waals surface area contributed by atoms with E-state index in [0.29, 0.717) is 16.8 Å². The molecule has 2 aromatic carbocycles. The third-order valence-corrected chi connectivity index (χ3v) is 5.74. The number of nitrogens with zero attached hydrogens (tertiary/aromatic N) is 3. The molecular weight excluding hydrogens is 503 g/mol. The van der Waals surface area contributed by atoms with E-state index in [2.05, 4.69) is 22.1 Å². The zero-order valence-corrected chi connectivity index (χ0v) is 20.7. The highest BCUT2D eigenvalue weighted by Gasteiger charge is 2.33. The monoisotopic (exact) mass is 526 g/mol. The first kappa shape index (κ1) is 26.8. The molecule has 5 nitrogen and oxygen atoms in total. The van der Waals surface area contributed by atoms with Gasteiger partial charge in [0, 0.05) is 29.6 Å². The molecule has 0 radical (unpaired) electrons. The van der Waals surface area contributed by atoms with Crippen LogP contribution >= 0.6 is 0 Å². The number of nitrogens with one attached hydrogen (secondary N) is 1. The van der Waals surface area contributed by atoms with Crippen molar-refractivity contribution in [2.24, 2.45) is 0 Å². The number of hydrogen-bond acceptors (Lipinski definition) is 3. The van der Waals surface area contributed by atoms with Gasteiger partial charge >= 0.3 is 6.18 Å². The summed E-state index contributed by atoms with van der Waals surface area (Å²) in [6.07, 6.45) is -5.84. The summed E-state index contributed by atoms with van der Waals surface area (Å²) in [7, 11) is 3.33. The molecule has 0 atom stereocenters. The van der Waals surface area contributed by atoms with E-state index in [-0.39, 0.29) is 29.1 Å². The second-order valence-electron chi connectivity index (χ2n) is 8.92. The van der Waals surface area contributed by atoms with E-state index < -0.39 is 29.8 Å². The Balaban J connectivity index is 1.64. The number of rotatable bonds is 5. The van der Waals surface area contributed by atoms with Gasteiger partial charge in [-0.05, 0) is 74.5 Å². The van der Waals surface area contributed by atoms with Gasteiger partial charge in [-0.1, -0.05) is 24.1 Å². The average molecular weight is 527 g/mol. The van der Waals surface area contributed by atoms with Crippen molar-refractivity contribution in [2.45, 2.75) is 26.1 Å². The number of amides is 1. The number of fused-ring (bicyclic) bond motifs is 1. The molecular formula is C28H23F5N4O. The molecule has 2 heterocycles. The molecule has 0 fully saturated rings. The molecule has 0 bridgehead atoms. The largest absolute Gasteiger partial charge is 0.416 e. The van der Waals surface area contributed by atoms with Crippen molar-refractivity contribution in [1.82, 2.24) is 14.3 Å². The first-order valence-electron chi connectivity index (χ1n) is 11.5. The maximum atomic E-state index is 13.6. The lowest BCUT2D eigenvalue weighted by Crippen LogP contribution is -2.18. The fourth-order valence-corrected chi connectivity index (χ4v) is 3.91. The fraction of sp³-hybridized carbons (Fsp3) is 0.214. The summed E-state index contributed by atoms with van der Waals surface area (Å²) in [6.45, 7) is 1.83. The highest BCUT2D eigenvalue weighted by Crippen LogP contribution is 2.34. The van der Waals surface area contributed by atoms with Gasteiger partial charge in [-0.15, -0.1) is 0 Å². The maximum Gasteiger partial charge on any atom is 0.416 e. The van der Waals surface area contributed by atoms with Gasteiger partial charge in [-0.2, -0.15) is 13.2 Å². The van der Waals surface area contributed by atoms with Crippen molar-refractivity contribution in [3.8, 4) is 11.8 Å². The number of imidazole rings is 1. The Bertz CT molecular complexity index is 1560. The van der Waals surface area contributed by atoms with Crippen LogP contribution in [0.3, 0.4) is 0 Å². The number of hydrogen-bond donors (Lipinski definition) is 1. The molecule has 1 amide bonds. The second kappa shape index (κ2) is 10.6. The van der Waals surface area contributed by atoms with Crippen LogP contribution in [-0.2, 0) is 12.7 Å². The van der Waals surface area contributed by atoms with Crippen LogP contribution in [0.5, 0.6) is 0 Å². The molecule has 0 aliphatic rings. The number of anilines is 1. The lowest BCUT2D eigenvalue weighted by molar-refractivity contribution is -0.138. The Labute approximate surface area is 215 Å². The van der Waals surface area contributed by atoms with E-state index in [4.69, 9.17) is 0 Å². The maximum absolute atomic E-state index is 13.6. The highest BCUT2D eigenvalue weighted by atomic mass is 19.4. The summed E-state index contributed by atoms with van der Waals surface area (Å²) >= 11 is 0. The number of pyridine rings is 1. The Hall–Kier alpha value is -4.23. The third-order valence-electron chi connectivity index (χ3n) is 5.74. The van der Waals surface area contributed by atoms with Crippen molar-refractivity contribution >= 4 is 17.2 Å². The van der Waals surface area contributed by atoms with Crippen molar-refractivity contribution in [3.05, 3.63) is 100.0 Å². The van der Waals surface area contributed by atoms with Gasteiger partial charge in [0.25, 0.3) is 12.3 Å². The molecule has 1 N–H and O–H groups in total. The van der Waals surface area contributed by atoms with Crippen LogP contribution in [0.25, 0.3) is 5.65 Å². The zero-order chi connectivity index (χ0) is 27.6. The molecule has 196 valence electrons. The van der Waals surface area contributed by atoms with Gasteiger partial charge in [-0.25, -0.2) is 13.8 Å². The molecule has 0 unspecified atom stereocenters. The molecule has 0 aliphatic carbocycles. The smallest absolute Gasteiger partial charge is 0.322 e. The predicted molar refractivity (Wildman–Crippen MR) is 134 cm³/mol. The summed E-state index contributed by atoms with van der Waals surface area (Å²) in [5.41, 5.74) is 0.396. The summed E-state index contributed by atoms with van der Waals surface area (Å²) < 4.78 is 69.4. The lowest BCUT2D eigenvalue weighted by Gasteiger charge is -2.18. The third kappa shape index (κ3) is 5.84. The van der Waals surface area contributed by atoms with E-state index in [0.717, 1.165) is 6.07 Å². The normalized spacial score (nSPS) is 11.6. The van der Waals surface area contributed by atoms with Crippen LogP contribution in [0, 0.1) is 18.8 Å². The Morgan fingerprint density at radius 2 is 1.84 bits per heavy atom. The predicted octanol–water partition coefficient (Wildman–Crippen LogP) is 6.31. The van der Waals surface area contributed by atoms with Crippen LogP contribution in [0.1, 0.15) is 50.4 Å². The molecule has 0 saturated carbocycles. The lowest BCUT2D eigenvalue weighted by atomic mass is 10.0. The Kier molecular flexibility index (Phi) is 7.51. The van der Waals surface area contributed by atoms with Crippen molar-refractivity contribution < 1.29 is 26.7 Å². The average Bonchev–Trinajstić information content (AvgIpc) is 3.22.